The van der Waals surface area contributed by atoms with Crippen molar-refractivity contribution in [3.63, 3.8) is 0 Å². The molecule has 1 aromatic carbocycles. The van der Waals surface area contributed by atoms with Crippen LogP contribution in [0.1, 0.15) is 0 Å². The maximum Gasteiger partial charge on any atom is 0.408 e. The Morgan fingerprint density at radius 3 is 2.61 bits per heavy atom. The van der Waals surface area contributed by atoms with Gasteiger partial charge in [0.15, 0.2) is 0 Å². The largest absolute Gasteiger partial charge is 0.496 e. The zero-order valence-electron chi connectivity index (χ0n) is 9.61. The minimum atomic E-state index is -4.27. The molecule has 96 valence electrons. The Bertz CT molecular complexity index is 534. The van der Waals surface area contributed by atoms with E-state index in [2.05, 4.69) is 5.10 Å². The number of hydrogen-bond acceptors (Lipinski definition) is 2. The fourth-order valence-corrected chi connectivity index (χ4v) is 1.63. The average molecular weight is 256 g/mol. The molecule has 0 spiro atoms. The van der Waals surface area contributed by atoms with Gasteiger partial charge in [0.05, 0.1) is 12.8 Å². The van der Waals surface area contributed by atoms with Gasteiger partial charge in [0, 0.05) is 11.8 Å². The number of halogens is 3. The van der Waals surface area contributed by atoms with Gasteiger partial charge < -0.3 is 4.74 Å². The minimum Gasteiger partial charge on any atom is -0.496 e. The van der Waals surface area contributed by atoms with E-state index in [1.807, 2.05) is 0 Å². The summed E-state index contributed by atoms with van der Waals surface area (Å²) in [5.41, 5.74) is 1.12. The predicted molar refractivity (Wildman–Crippen MR) is 60.3 cm³/mol. The van der Waals surface area contributed by atoms with Crippen LogP contribution in [-0.4, -0.2) is 23.1 Å². The molecule has 0 bridgehead atoms. The van der Waals surface area contributed by atoms with Crippen LogP contribution in [-0.2, 0) is 6.54 Å². The number of benzene rings is 1. The van der Waals surface area contributed by atoms with Crippen molar-refractivity contribution in [2.75, 3.05) is 7.11 Å². The number of aromatic nitrogens is 2. The molecule has 2 rings (SSSR count). The molecule has 18 heavy (non-hydrogen) atoms. The fraction of sp³-hybridized carbons (Fsp3) is 0.250. The lowest BCUT2D eigenvalue weighted by Crippen LogP contribution is -2.17. The van der Waals surface area contributed by atoms with Gasteiger partial charge in [0.25, 0.3) is 0 Å². The first-order valence-electron chi connectivity index (χ1n) is 5.23. The van der Waals surface area contributed by atoms with Gasteiger partial charge in [-0.3, -0.25) is 4.68 Å². The molecule has 2 aromatic rings. The maximum absolute atomic E-state index is 12.2. The van der Waals surface area contributed by atoms with Crippen LogP contribution in [0.4, 0.5) is 13.2 Å². The normalized spacial score (nSPS) is 11.6. The third-order valence-corrected chi connectivity index (χ3v) is 2.36. The van der Waals surface area contributed by atoms with Crippen molar-refractivity contribution in [1.29, 1.82) is 0 Å². The van der Waals surface area contributed by atoms with Crippen LogP contribution in [0.15, 0.2) is 36.5 Å². The molecular formula is C12H11F3N2O. The first-order valence-corrected chi connectivity index (χ1v) is 5.23. The van der Waals surface area contributed by atoms with Crippen LogP contribution in [0, 0.1) is 0 Å². The predicted octanol–water partition coefficient (Wildman–Crippen LogP) is 3.12. The van der Waals surface area contributed by atoms with E-state index < -0.39 is 12.7 Å². The van der Waals surface area contributed by atoms with Crippen molar-refractivity contribution >= 4 is 0 Å². The van der Waals surface area contributed by atoms with E-state index in [1.165, 1.54) is 19.4 Å². The smallest absolute Gasteiger partial charge is 0.408 e. The van der Waals surface area contributed by atoms with E-state index >= 15 is 0 Å². The molecule has 6 heteroatoms. The Hall–Kier alpha value is -1.98. The van der Waals surface area contributed by atoms with Crippen LogP contribution in [0.5, 0.6) is 5.75 Å². The van der Waals surface area contributed by atoms with E-state index in [1.54, 1.807) is 24.3 Å². The molecule has 0 N–H and O–H groups in total. The zero-order valence-corrected chi connectivity index (χ0v) is 9.61. The van der Waals surface area contributed by atoms with Crippen molar-refractivity contribution < 1.29 is 17.9 Å². The van der Waals surface area contributed by atoms with Gasteiger partial charge in [-0.25, -0.2) is 0 Å². The molecule has 0 amide bonds. The Morgan fingerprint density at radius 2 is 1.94 bits per heavy atom. The van der Waals surface area contributed by atoms with Gasteiger partial charge in [-0.05, 0) is 18.2 Å². The van der Waals surface area contributed by atoms with Gasteiger partial charge >= 0.3 is 6.18 Å². The fourth-order valence-electron chi connectivity index (χ4n) is 1.63. The number of hydrogen-bond donors (Lipinski definition) is 0. The molecule has 0 radical (unpaired) electrons. The number of rotatable bonds is 3. The lowest BCUT2D eigenvalue weighted by Gasteiger charge is -2.07. The zero-order chi connectivity index (χ0) is 13.2. The van der Waals surface area contributed by atoms with Crippen molar-refractivity contribution in [3.05, 3.63) is 36.5 Å². The van der Waals surface area contributed by atoms with E-state index in [0.29, 0.717) is 17.0 Å². The van der Waals surface area contributed by atoms with Gasteiger partial charge in [-0.1, -0.05) is 12.1 Å². The molecule has 3 nitrogen and oxygen atoms in total. The van der Waals surface area contributed by atoms with Crippen molar-refractivity contribution in [3.8, 4) is 17.0 Å². The van der Waals surface area contributed by atoms with Gasteiger partial charge in [0.1, 0.15) is 12.3 Å². The molecule has 0 aliphatic rings. The lowest BCUT2D eigenvalue weighted by atomic mass is 10.1. The maximum atomic E-state index is 12.2. The van der Waals surface area contributed by atoms with Crippen LogP contribution in [0.3, 0.4) is 0 Å². The summed E-state index contributed by atoms with van der Waals surface area (Å²) in [7, 11) is 1.51. The summed E-state index contributed by atoms with van der Waals surface area (Å²) >= 11 is 0. The molecule has 0 aliphatic carbocycles. The number of para-hydroxylation sites is 1. The van der Waals surface area contributed by atoms with Crippen LogP contribution in [0.25, 0.3) is 11.3 Å². The van der Waals surface area contributed by atoms with Gasteiger partial charge in [0.2, 0.25) is 0 Å². The van der Waals surface area contributed by atoms with Crippen LogP contribution >= 0.6 is 0 Å². The summed E-state index contributed by atoms with van der Waals surface area (Å²) in [6.45, 7) is -1.10. The Kier molecular flexibility index (Phi) is 3.27. The molecule has 1 heterocycles. The second kappa shape index (κ2) is 4.72. The Balaban J connectivity index is 2.29. The van der Waals surface area contributed by atoms with E-state index in [9.17, 15) is 13.2 Å². The Morgan fingerprint density at radius 1 is 1.22 bits per heavy atom. The lowest BCUT2D eigenvalue weighted by molar-refractivity contribution is -0.142. The number of ether oxygens (including phenoxy) is 1. The standard InChI is InChI=1S/C12H11F3N2O/c1-18-11-5-3-2-4-9(11)10-6-7-17(16-10)8-12(13,14)15/h2-7H,8H2,1H3. The topological polar surface area (TPSA) is 27.1 Å². The highest BCUT2D eigenvalue weighted by atomic mass is 19.4. The highest BCUT2D eigenvalue weighted by Gasteiger charge is 2.28. The second-order valence-electron chi connectivity index (χ2n) is 3.71. The summed E-state index contributed by atoms with van der Waals surface area (Å²) in [6, 6.07) is 8.58. The van der Waals surface area contributed by atoms with Gasteiger partial charge in [-0.2, -0.15) is 18.3 Å². The first kappa shape index (κ1) is 12.5. The van der Waals surface area contributed by atoms with Crippen molar-refractivity contribution in [2.24, 2.45) is 0 Å². The molecule has 0 atom stereocenters. The average Bonchev–Trinajstić information content (AvgIpc) is 2.75. The number of methoxy groups -OCH3 is 1. The summed E-state index contributed by atoms with van der Waals surface area (Å²) in [6.07, 6.45) is -2.97. The molecule has 0 saturated heterocycles. The molecular weight excluding hydrogens is 245 g/mol. The first-order chi connectivity index (χ1) is 8.49. The van der Waals surface area contributed by atoms with Crippen LogP contribution in [0.2, 0.25) is 0 Å². The summed E-state index contributed by atoms with van der Waals surface area (Å²) in [5, 5.41) is 3.89. The highest BCUT2D eigenvalue weighted by Crippen LogP contribution is 2.28. The van der Waals surface area contributed by atoms with Crippen molar-refractivity contribution in [2.45, 2.75) is 12.7 Å². The SMILES string of the molecule is COc1ccccc1-c1ccn(CC(F)(F)F)n1. The quantitative estimate of drug-likeness (QED) is 0.843. The Labute approximate surface area is 102 Å². The van der Waals surface area contributed by atoms with Crippen LogP contribution < -0.4 is 4.74 Å². The third kappa shape index (κ3) is 2.82. The molecule has 0 fully saturated rings. The number of nitrogens with zero attached hydrogens (tertiary/aromatic N) is 2. The molecule has 0 saturated carbocycles. The summed E-state index contributed by atoms with van der Waals surface area (Å²) in [5.74, 6) is 0.578. The van der Waals surface area contributed by atoms with E-state index in [-0.39, 0.29) is 0 Å². The molecule has 0 aliphatic heterocycles. The summed E-state index contributed by atoms with van der Waals surface area (Å²) in [4.78, 5) is 0. The van der Waals surface area contributed by atoms with Gasteiger partial charge in [-0.15, -0.1) is 0 Å². The third-order valence-electron chi connectivity index (χ3n) is 2.36. The van der Waals surface area contributed by atoms with E-state index in [0.717, 1.165) is 4.68 Å². The highest BCUT2D eigenvalue weighted by molar-refractivity contribution is 5.66. The molecule has 0 unspecified atom stereocenters. The van der Waals surface area contributed by atoms with E-state index in [4.69, 9.17) is 4.74 Å². The number of alkyl halides is 3. The monoisotopic (exact) mass is 256 g/mol. The molecule has 1 aromatic heterocycles. The van der Waals surface area contributed by atoms with Crippen molar-refractivity contribution in [1.82, 2.24) is 9.78 Å². The summed E-state index contributed by atoms with van der Waals surface area (Å²) < 4.78 is 42.6. The minimum absolute atomic E-state index is 0.455. The second-order valence-corrected chi connectivity index (χ2v) is 3.71.